The molecule has 94 valence electrons. The van der Waals surface area contributed by atoms with Crippen molar-refractivity contribution in [3.05, 3.63) is 23.8 Å². The first-order chi connectivity index (χ1) is 7.78. The van der Waals surface area contributed by atoms with Crippen molar-refractivity contribution in [1.82, 2.24) is 0 Å². The first kappa shape index (κ1) is 21.5. The molecule has 0 heterocycles. The SMILES string of the molecule is O=C([O-])CCc1ccc(OS(=O)(=O)[O-])c(O)c1.[Na+].[Na+]. The van der Waals surface area contributed by atoms with E-state index in [1.165, 1.54) is 6.07 Å². The van der Waals surface area contributed by atoms with Gasteiger partial charge in [0.1, 0.15) is 0 Å². The molecule has 19 heavy (non-hydrogen) atoms. The largest absolute Gasteiger partial charge is 1.00 e. The van der Waals surface area contributed by atoms with Crippen molar-refractivity contribution in [3.8, 4) is 11.5 Å². The van der Waals surface area contributed by atoms with Gasteiger partial charge in [0.2, 0.25) is 0 Å². The van der Waals surface area contributed by atoms with E-state index in [1.807, 2.05) is 0 Å². The second kappa shape index (κ2) is 9.19. The number of phenolic OH excluding ortho intramolecular Hbond substituents is 1. The summed E-state index contributed by atoms with van der Waals surface area (Å²) in [6.45, 7) is 0. The summed E-state index contributed by atoms with van der Waals surface area (Å²) in [6, 6.07) is 3.52. The van der Waals surface area contributed by atoms with Crippen molar-refractivity contribution in [2.75, 3.05) is 0 Å². The number of benzene rings is 1. The third-order valence-corrected chi connectivity index (χ3v) is 2.22. The number of carbonyl (C=O) groups excluding carboxylic acids is 1. The average molecular weight is 306 g/mol. The van der Waals surface area contributed by atoms with Gasteiger partial charge in [0.25, 0.3) is 10.4 Å². The monoisotopic (exact) mass is 306 g/mol. The van der Waals surface area contributed by atoms with E-state index in [-0.39, 0.29) is 72.0 Å². The summed E-state index contributed by atoms with van der Waals surface area (Å²) in [5, 5.41) is 19.5. The van der Waals surface area contributed by atoms with Gasteiger partial charge in [-0.2, -0.15) is 0 Å². The molecule has 1 aromatic rings. The number of carboxylic acids is 1. The molecule has 0 aliphatic heterocycles. The molecule has 0 amide bonds. The average Bonchev–Trinajstić information content (AvgIpc) is 2.17. The molecule has 0 saturated heterocycles. The molecule has 0 aliphatic carbocycles. The molecule has 10 heteroatoms. The van der Waals surface area contributed by atoms with Crippen molar-refractivity contribution in [2.24, 2.45) is 0 Å². The molecule has 0 radical (unpaired) electrons. The topological polar surface area (TPSA) is 127 Å². The summed E-state index contributed by atoms with van der Waals surface area (Å²) in [4.78, 5) is 10.2. The zero-order valence-electron chi connectivity index (χ0n) is 10.5. The summed E-state index contributed by atoms with van der Waals surface area (Å²) in [5.74, 6) is -2.30. The van der Waals surface area contributed by atoms with Crippen LogP contribution in [0.15, 0.2) is 18.2 Å². The van der Waals surface area contributed by atoms with Crippen molar-refractivity contribution >= 4 is 16.4 Å². The molecule has 0 aromatic heterocycles. The van der Waals surface area contributed by atoms with Crippen LogP contribution < -0.4 is 68.4 Å². The molecule has 0 unspecified atom stereocenters. The maximum Gasteiger partial charge on any atom is 1.00 e. The first-order valence-corrected chi connectivity index (χ1v) is 5.78. The molecule has 1 rings (SSSR count). The van der Waals surface area contributed by atoms with Gasteiger partial charge in [-0.05, 0) is 30.5 Å². The van der Waals surface area contributed by atoms with E-state index in [4.69, 9.17) is 0 Å². The van der Waals surface area contributed by atoms with E-state index in [2.05, 4.69) is 4.18 Å². The molecule has 1 aromatic carbocycles. The van der Waals surface area contributed by atoms with E-state index >= 15 is 0 Å². The molecule has 0 spiro atoms. The van der Waals surface area contributed by atoms with Crippen LogP contribution in [0.3, 0.4) is 0 Å². The number of phenols is 1. The Labute approximate surface area is 154 Å². The Bertz CT molecular complexity index is 529. The molecule has 0 fully saturated rings. The summed E-state index contributed by atoms with van der Waals surface area (Å²) in [5.41, 5.74) is 0.447. The van der Waals surface area contributed by atoms with E-state index in [9.17, 15) is 28.0 Å². The predicted molar refractivity (Wildman–Crippen MR) is 51.8 cm³/mol. The number of carbonyl (C=O) groups is 1. The second-order valence-corrected chi connectivity index (χ2v) is 4.15. The van der Waals surface area contributed by atoms with Gasteiger partial charge in [0.15, 0.2) is 11.5 Å². The van der Waals surface area contributed by atoms with Gasteiger partial charge in [0, 0.05) is 5.97 Å². The number of aromatic hydroxyl groups is 1. The third-order valence-electron chi connectivity index (χ3n) is 1.83. The smallest absolute Gasteiger partial charge is 0.716 e. The third kappa shape index (κ3) is 8.87. The molecule has 0 saturated carbocycles. The van der Waals surface area contributed by atoms with E-state index in [0.717, 1.165) is 12.1 Å². The maximum atomic E-state index is 10.3. The number of aryl methyl sites for hydroxylation is 1. The van der Waals surface area contributed by atoms with Gasteiger partial charge >= 0.3 is 59.1 Å². The molecular formula is C9H8Na2O7S. The number of hydrogen-bond acceptors (Lipinski definition) is 7. The van der Waals surface area contributed by atoms with Crippen molar-refractivity contribution in [1.29, 1.82) is 0 Å². The van der Waals surface area contributed by atoms with Crippen LogP contribution >= 0.6 is 0 Å². The fraction of sp³-hybridized carbons (Fsp3) is 0.222. The number of rotatable bonds is 5. The van der Waals surface area contributed by atoms with Crippen molar-refractivity contribution in [2.45, 2.75) is 12.8 Å². The second-order valence-electron chi connectivity index (χ2n) is 3.17. The predicted octanol–water partition coefficient (Wildman–Crippen LogP) is -7.08. The molecule has 7 nitrogen and oxygen atoms in total. The van der Waals surface area contributed by atoms with Crippen LogP contribution in [0.25, 0.3) is 0 Å². The molecule has 0 aliphatic rings. The fourth-order valence-corrected chi connectivity index (χ4v) is 1.51. The van der Waals surface area contributed by atoms with Gasteiger partial charge in [-0.15, -0.1) is 0 Å². The summed E-state index contributed by atoms with van der Waals surface area (Å²) < 4.78 is 34.8. The Hall–Kier alpha value is 0.200. The standard InChI is InChI=1S/C9H10O7S.2Na/c10-7-5-6(2-4-9(11)12)1-3-8(7)16-17(13,14)15;;/h1,3,5,10H,2,4H2,(H,11,12)(H,13,14,15);;/q;2*+1/p-2. The van der Waals surface area contributed by atoms with Crippen molar-refractivity contribution in [3.63, 3.8) is 0 Å². The number of hydrogen-bond donors (Lipinski definition) is 1. The van der Waals surface area contributed by atoms with E-state index < -0.39 is 27.9 Å². The van der Waals surface area contributed by atoms with Gasteiger partial charge in [-0.1, -0.05) is 6.07 Å². The van der Waals surface area contributed by atoms with Gasteiger partial charge in [-0.25, -0.2) is 8.42 Å². The van der Waals surface area contributed by atoms with Crippen LogP contribution in [0.2, 0.25) is 0 Å². The quantitative estimate of drug-likeness (QED) is 0.325. The molecule has 0 atom stereocenters. The van der Waals surface area contributed by atoms with E-state index in [1.54, 1.807) is 0 Å². The Morgan fingerprint density at radius 2 is 1.89 bits per heavy atom. The fourth-order valence-electron chi connectivity index (χ4n) is 1.15. The number of aliphatic carboxylic acids is 1. The maximum absolute atomic E-state index is 10.3. The van der Waals surface area contributed by atoms with Crippen LogP contribution in [0.4, 0.5) is 0 Å². The summed E-state index contributed by atoms with van der Waals surface area (Å²) in [7, 11) is -4.95. The Kier molecular flexibility index (Phi) is 10.4. The molecular weight excluding hydrogens is 298 g/mol. The summed E-state index contributed by atoms with van der Waals surface area (Å²) in [6.07, 6.45) is -0.125. The Morgan fingerprint density at radius 1 is 1.32 bits per heavy atom. The number of carboxylic acid groups (broad SMARTS) is 1. The van der Waals surface area contributed by atoms with Crippen LogP contribution in [0.5, 0.6) is 11.5 Å². The van der Waals surface area contributed by atoms with Crippen molar-refractivity contribution < 1.29 is 91.3 Å². The van der Waals surface area contributed by atoms with Gasteiger partial charge < -0.3 is 23.7 Å². The normalized spacial score (nSPS) is 9.95. The molecule has 1 N–H and O–H groups in total. The zero-order valence-corrected chi connectivity index (χ0v) is 15.3. The minimum Gasteiger partial charge on any atom is -0.716 e. The Morgan fingerprint density at radius 3 is 2.32 bits per heavy atom. The van der Waals surface area contributed by atoms with E-state index in [0.29, 0.717) is 5.56 Å². The molecule has 0 bridgehead atoms. The first-order valence-electron chi connectivity index (χ1n) is 4.45. The van der Waals surface area contributed by atoms with Crippen LogP contribution in [-0.2, 0) is 21.6 Å². The van der Waals surface area contributed by atoms with Gasteiger partial charge in [0.05, 0.1) is 0 Å². The minimum atomic E-state index is -4.95. The van der Waals surface area contributed by atoms with Crippen LogP contribution in [0, 0.1) is 0 Å². The minimum absolute atomic E-state index is 0. The van der Waals surface area contributed by atoms with Crippen LogP contribution in [-0.4, -0.2) is 24.0 Å². The Balaban J connectivity index is 0. The van der Waals surface area contributed by atoms with Crippen LogP contribution in [0.1, 0.15) is 12.0 Å². The zero-order chi connectivity index (χ0) is 13.1. The van der Waals surface area contributed by atoms with Gasteiger partial charge in [-0.3, -0.25) is 0 Å². The summed E-state index contributed by atoms with van der Waals surface area (Å²) >= 11 is 0.